The average molecular weight is 330 g/mol. The van der Waals surface area contributed by atoms with Crippen LogP contribution in [-0.4, -0.2) is 59.7 Å². The van der Waals surface area contributed by atoms with E-state index in [0.717, 1.165) is 12.8 Å². The fourth-order valence-corrected chi connectivity index (χ4v) is 3.64. The minimum atomic E-state index is -1.18. The first-order valence-corrected chi connectivity index (χ1v) is 9.20. The Hall–Kier alpha value is -0.650. The third-order valence-electron chi connectivity index (χ3n) is 4.58. The monoisotopic (exact) mass is 330 g/mol. The van der Waals surface area contributed by atoms with Crippen LogP contribution in [0.1, 0.15) is 71.1 Å². The van der Waals surface area contributed by atoms with Crippen molar-refractivity contribution in [3.63, 3.8) is 0 Å². The van der Waals surface area contributed by atoms with E-state index in [4.69, 9.17) is 9.84 Å². The molecule has 0 aliphatic carbocycles. The van der Waals surface area contributed by atoms with Gasteiger partial charge < -0.3 is 19.4 Å². The predicted molar refractivity (Wildman–Crippen MR) is 91.1 cm³/mol. The average Bonchev–Trinajstić information content (AvgIpc) is 2.38. The second-order valence-electron chi connectivity index (χ2n) is 7.79. The van der Waals surface area contributed by atoms with Crippen molar-refractivity contribution in [3.8, 4) is 0 Å². The predicted octanol–water partition coefficient (Wildman–Crippen LogP) is 3.16. The van der Waals surface area contributed by atoms with Gasteiger partial charge in [0.1, 0.15) is 19.2 Å². The standard InChI is InChI=1S/C18H35NO4/c1-4-5-6-7-8-9-10-11-12-18(22)15-19(2,3)14-16(23-18)13-17(20)21/h16,22H,4-15H2,1-3H3/p+1/t16-,18+/m1/s1. The molecule has 0 amide bonds. The summed E-state index contributed by atoms with van der Waals surface area (Å²) < 4.78 is 6.34. The molecular formula is C18H36NO4+. The number of nitrogens with zero attached hydrogens (tertiary/aromatic N) is 1. The molecule has 0 aromatic rings. The van der Waals surface area contributed by atoms with Gasteiger partial charge in [0.25, 0.3) is 0 Å². The zero-order valence-electron chi connectivity index (χ0n) is 15.2. The molecule has 0 bridgehead atoms. The van der Waals surface area contributed by atoms with Crippen molar-refractivity contribution in [2.45, 2.75) is 83.0 Å². The van der Waals surface area contributed by atoms with Crippen molar-refractivity contribution in [2.24, 2.45) is 0 Å². The summed E-state index contributed by atoms with van der Waals surface area (Å²) in [6.45, 7) is 3.38. The zero-order valence-corrected chi connectivity index (χ0v) is 15.2. The van der Waals surface area contributed by atoms with Crippen molar-refractivity contribution in [1.29, 1.82) is 0 Å². The molecule has 1 fully saturated rings. The van der Waals surface area contributed by atoms with Crippen LogP contribution in [0.3, 0.4) is 0 Å². The van der Waals surface area contributed by atoms with Gasteiger partial charge in [0, 0.05) is 6.42 Å². The van der Waals surface area contributed by atoms with Crippen LogP contribution < -0.4 is 0 Å². The van der Waals surface area contributed by atoms with Crippen molar-refractivity contribution in [1.82, 2.24) is 0 Å². The van der Waals surface area contributed by atoms with E-state index in [1.807, 2.05) is 14.1 Å². The van der Waals surface area contributed by atoms with Crippen LogP contribution in [0.25, 0.3) is 0 Å². The van der Waals surface area contributed by atoms with E-state index >= 15 is 0 Å². The lowest BCUT2D eigenvalue weighted by Crippen LogP contribution is -2.62. The zero-order chi connectivity index (χ0) is 17.3. The Labute approximate surface area is 141 Å². The topological polar surface area (TPSA) is 66.8 Å². The maximum Gasteiger partial charge on any atom is 0.306 e. The number of morpholine rings is 1. The molecule has 0 saturated carbocycles. The first-order valence-electron chi connectivity index (χ1n) is 9.20. The Morgan fingerprint density at radius 1 is 1.13 bits per heavy atom. The van der Waals surface area contributed by atoms with Gasteiger partial charge in [0.2, 0.25) is 5.79 Å². The first-order chi connectivity index (χ1) is 10.8. The van der Waals surface area contributed by atoms with Crippen LogP contribution >= 0.6 is 0 Å². The van der Waals surface area contributed by atoms with Crippen LogP contribution in [0.5, 0.6) is 0 Å². The summed E-state index contributed by atoms with van der Waals surface area (Å²) in [6.07, 6.45) is 9.89. The number of hydrogen-bond donors (Lipinski definition) is 2. The second kappa shape index (κ2) is 9.60. The molecule has 136 valence electrons. The number of ether oxygens (including phenoxy) is 1. The van der Waals surface area contributed by atoms with E-state index in [1.54, 1.807) is 0 Å². The molecule has 1 saturated heterocycles. The third-order valence-corrected chi connectivity index (χ3v) is 4.58. The van der Waals surface area contributed by atoms with E-state index in [-0.39, 0.29) is 6.42 Å². The van der Waals surface area contributed by atoms with Gasteiger partial charge in [-0.25, -0.2) is 0 Å². The van der Waals surface area contributed by atoms with Gasteiger partial charge in [-0.3, -0.25) is 4.79 Å². The molecule has 0 radical (unpaired) electrons. The van der Waals surface area contributed by atoms with Crippen LogP contribution in [0, 0.1) is 0 Å². The summed E-state index contributed by atoms with van der Waals surface area (Å²) in [5.74, 6) is -2.05. The molecule has 2 N–H and O–H groups in total. The summed E-state index contributed by atoms with van der Waals surface area (Å²) in [6, 6.07) is 0. The van der Waals surface area contributed by atoms with E-state index in [0.29, 0.717) is 24.0 Å². The summed E-state index contributed by atoms with van der Waals surface area (Å²) in [5.41, 5.74) is 0. The summed E-state index contributed by atoms with van der Waals surface area (Å²) in [4.78, 5) is 10.9. The lowest BCUT2D eigenvalue weighted by molar-refractivity contribution is -0.915. The van der Waals surface area contributed by atoms with Gasteiger partial charge in [-0.2, -0.15) is 0 Å². The number of aliphatic carboxylic acids is 1. The van der Waals surface area contributed by atoms with Gasteiger partial charge in [-0.05, 0) is 6.42 Å². The second-order valence-corrected chi connectivity index (χ2v) is 7.79. The van der Waals surface area contributed by atoms with Crippen molar-refractivity contribution in [2.75, 3.05) is 27.2 Å². The fourth-order valence-electron chi connectivity index (χ4n) is 3.64. The Balaban J connectivity index is 2.31. The number of rotatable bonds is 11. The van der Waals surface area contributed by atoms with Crippen molar-refractivity contribution < 1.29 is 24.2 Å². The van der Waals surface area contributed by atoms with Crippen LogP contribution in [0.2, 0.25) is 0 Å². The molecule has 5 heteroatoms. The van der Waals surface area contributed by atoms with Crippen LogP contribution in [0.15, 0.2) is 0 Å². The highest BCUT2D eigenvalue weighted by Gasteiger charge is 2.45. The van der Waals surface area contributed by atoms with Gasteiger partial charge in [0.15, 0.2) is 0 Å². The minimum absolute atomic E-state index is 0.0403. The number of hydrogen-bond acceptors (Lipinski definition) is 3. The Bertz CT molecular complexity index is 359. The van der Waals surface area contributed by atoms with Crippen molar-refractivity contribution in [3.05, 3.63) is 0 Å². The Morgan fingerprint density at radius 2 is 1.70 bits per heavy atom. The van der Waals surface area contributed by atoms with Gasteiger partial charge >= 0.3 is 5.97 Å². The van der Waals surface area contributed by atoms with Gasteiger partial charge in [-0.15, -0.1) is 0 Å². The van der Waals surface area contributed by atoms with Gasteiger partial charge in [-0.1, -0.05) is 51.9 Å². The number of carboxylic acid groups (broad SMARTS) is 1. The van der Waals surface area contributed by atoms with Crippen LogP contribution in [-0.2, 0) is 9.53 Å². The largest absolute Gasteiger partial charge is 0.481 e. The molecule has 0 spiro atoms. The number of quaternary nitrogens is 1. The highest BCUT2D eigenvalue weighted by atomic mass is 16.6. The highest BCUT2D eigenvalue weighted by molar-refractivity contribution is 5.67. The smallest absolute Gasteiger partial charge is 0.306 e. The number of carbonyl (C=O) groups is 1. The summed E-state index contributed by atoms with van der Waals surface area (Å²) in [5, 5.41) is 19.7. The fraction of sp³-hybridized carbons (Fsp3) is 0.944. The number of likely N-dealkylation sites (N-methyl/N-ethyl adjacent to an activating group) is 1. The van der Waals surface area contributed by atoms with E-state index < -0.39 is 17.9 Å². The molecule has 23 heavy (non-hydrogen) atoms. The number of carboxylic acids is 1. The molecule has 1 aliphatic heterocycles. The normalized spacial score (nSPS) is 27.0. The molecule has 5 nitrogen and oxygen atoms in total. The van der Waals surface area contributed by atoms with E-state index in [1.165, 1.54) is 38.5 Å². The SMILES string of the molecule is CCCCCCCCCC[C@@]1(O)C[N+](C)(C)C[C@@H](CC(=O)O)O1. The molecule has 0 aromatic carbocycles. The maximum atomic E-state index is 10.9. The molecule has 0 unspecified atom stereocenters. The molecular weight excluding hydrogens is 294 g/mol. The van der Waals surface area contributed by atoms with Crippen LogP contribution in [0.4, 0.5) is 0 Å². The maximum absolute atomic E-state index is 10.9. The molecule has 1 heterocycles. The lowest BCUT2D eigenvalue weighted by Gasteiger charge is -2.46. The van der Waals surface area contributed by atoms with E-state index in [9.17, 15) is 9.90 Å². The minimum Gasteiger partial charge on any atom is -0.481 e. The third kappa shape index (κ3) is 8.68. The molecule has 2 atom stereocenters. The summed E-state index contributed by atoms with van der Waals surface area (Å²) in [7, 11) is 4.05. The Kier molecular flexibility index (Phi) is 8.51. The number of unbranched alkanes of at least 4 members (excludes halogenated alkanes) is 7. The van der Waals surface area contributed by atoms with Crippen molar-refractivity contribution >= 4 is 5.97 Å². The number of aliphatic hydroxyl groups is 1. The first kappa shape index (κ1) is 20.4. The molecule has 1 rings (SSSR count). The Morgan fingerprint density at radius 3 is 2.26 bits per heavy atom. The van der Waals surface area contributed by atoms with E-state index in [2.05, 4.69) is 6.92 Å². The highest BCUT2D eigenvalue weighted by Crippen LogP contribution is 2.29. The lowest BCUT2D eigenvalue weighted by atomic mass is 10.0. The van der Waals surface area contributed by atoms with Gasteiger partial charge in [0.05, 0.1) is 20.5 Å². The molecule has 1 aliphatic rings. The molecule has 0 aromatic heterocycles. The quantitative estimate of drug-likeness (QED) is 0.451. The summed E-state index contributed by atoms with van der Waals surface area (Å²) >= 11 is 0.